The second-order valence-corrected chi connectivity index (χ2v) is 7.73. The molecule has 2 aromatic carbocycles. The summed E-state index contributed by atoms with van der Waals surface area (Å²) in [5.74, 6) is 7.07. The number of carbonyl (C=O) groups excluding carboxylic acids is 1. The van der Waals surface area contributed by atoms with Crippen molar-refractivity contribution in [2.75, 3.05) is 33.4 Å². The van der Waals surface area contributed by atoms with E-state index in [0.717, 1.165) is 56.5 Å². The summed E-state index contributed by atoms with van der Waals surface area (Å²) in [6.07, 6.45) is 6.15. The lowest BCUT2D eigenvalue weighted by atomic mass is 10.1. The summed E-state index contributed by atoms with van der Waals surface area (Å²) in [4.78, 5) is 15.0. The number of hydrazone groups is 1. The topological polar surface area (TPSA) is 86.4 Å². The average molecular weight is 456 g/mol. The predicted octanol–water partition coefficient (Wildman–Crippen LogP) is 4.88. The van der Waals surface area contributed by atoms with Crippen molar-refractivity contribution in [2.24, 2.45) is 10.9 Å². The molecule has 2 rings (SSSR count). The zero-order valence-electron chi connectivity index (χ0n) is 20.1. The predicted molar refractivity (Wildman–Crippen MR) is 133 cm³/mol. The van der Waals surface area contributed by atoms with Gasteiger partial charge in [0.25, 0.3) is 5.91 Å². The van der Waals surface area contributed by atoms with Crippen LogP contribution in [0.15, 0.2) is 47.6 Å². The fraction of sp³-hybridized carbons (Fsp3) is 0.462. The van der Waals surface area contributed by atoms with E-state index in [0.29, 0.717) is 30.3 Å². The van der Waals surface area contributed by atoms with Crippen LogP contribution in [0.1, 0.15) is 61.9 Å². The number of hydrogen-bond donors (Lipinski definition) is 1. The van der Waals surface area contributed by atoms with Crippen molar-refractivity contribution < 1.29 is 19.0 Å². The maximum absolute atomic E-state index is 13.1. The van der Waals surface area contributed by atoms with Crippen LogP contribution in [0.4, 0.5) is 0 Å². The molecule has 0 bridgehead atoms. The Hall–Kier alpha value is -3.22. The molecule has 1 amide bonds. The van der Waals surface area contributed by atoms with E-state index in [4.69, 9.17) is 20.1 Å². The van der Waals surface area contributed by atoms with E-state index in [1.54, 1.807) is 13.3 Å². The number of hydrogen-bond acceptors (Lipinski definition) is 6. The number of nitrogens with zero attached hydrogens (tertiary/aromatic N) is 2. The molecule has 0 atom stereocenters. The van der Waals surface area contributed by atoms with E-state index >= 15 is 0 Å². The maximum Gasteiger partial charge on any atom is 0.257 e. The van der Waals surface area contributed by atoms with Crippen LogP contribution in [0.2, 0.25) is 0 Å². The monoisotopic (exact) mass is 455 g/mol. The van der Waals surface area contributed by atoms with Crippen LogP contribution in [-0.4, -0.2) is 50.4 Å². The SMILES string of the molecule is CCCN(CCC)C(=O)c1cccc(OC)c1OCCCCCOc1ccc(C=NN)cc1. The number of benzene rings is 2. The third-order valence-electron chi connectivity index (χ3n) is 5.11. The molecule has 0 radical (unpaired) electrons. The number of amides is 1. The minimum Gasteiger partial charge on any atom is -0.494 e. The highest BCUT2D eigenvalue weighted by Crippen LogP contribution is 2.32. The summed E-state index contributed by atoms with van der Waals surface area (Å²) in [6.45, 7) is 6.75. The van der Waals surface area contributed by atoms with Crippen molar-refractivity contribution in [1.29, 1.82) is 0 Å². The van der Waals surface area contributed by atoms with Crippen LogP contribution in [0.25, 0.3) is 0 Å². The zero-order chi connectivity index (χ0) is 23.9. The Morgan fingerprint density at radius 2 is 1.64 bits per heavy atom. The summed E-state index contributed by atoms with van der Waals surface area (Å²) in [7, 11) is 1.60. The van der Waals surface area contributed by atoms with Crippen LogP contribution in [0.5, 0.6) is 17.2 Å². The molecule has 0 fully saturated rings. The largest absolute Gasteiger partial charge is 0.494 e. The molecule has 0 spiro atoms. The number of rotatable bonds is 15. The Morgan fingerprint density at radius 3 is 2.24 bits per heavy atom. The fourth-order valence-corrected chi connectivity index (χ4v) is 3.50. The van der Waals surface area contributed by atoms with Gasteiger partial charge in [-0.15, -0.1) is 0 Å². The van der Waals surface area contributed by atoms with Crippen LogP contribution in [0, 0.1) is 0 Å². The van der Waals surface area contributed by atoms with Crippen LogP contribution in [0.3, 0.4) is 0 Å². The van der Waals surface area contributed by atoms with Gasteiger partial charge in [-0.05, 0) is 74.1 Å². The number of para-hydroxylation sites is 1. The molecule has 0 aliphatic carbocycles. The normalized spacial score (nSPS) is 10.9. The Bertz CT molecular complexity index is 862. The van der Waals surface area contributed by atoms with Crippen molar-refractivity contribution in [3.63, 3.8) is 0 Å². The second kappa shape index (κ2) is 14.8. The lowest BCUT2D eigenvalue weighted by Gasteiger charge is -2.23. The van der Waals surface area contributed by atoms with Crippen LogP contribution < -0.4 is 20.1 Å². The number of carbonyl (C=O) groups is 1. The van der Waals surface area contributed by atoms with Crippen LogP contribution >= 0.6 is 0 Å². The third kappa shape index (κ3) is 8.33. The Morgan fingerprint density at radius 1 is 0.970 bits per heavy atom. The van der Waals surface area contributed by atoms with E-state index in [9.17, 15) is 4.79 Å². The van der Waals surface area contributed by atoms with Crippen molar-refractivity contribution >= 4 is 12.1 Å². The first-order valence-corrected chi connectivity index (χ1v) is 11.7. The van der Waals surface area contributed by atoms with Gasteiger partial charge in [-0.3, -0.25) is 4.79 Å². The van der Waals surface area contributed by atoms with E-state index in [1.807, 2.05) is 47.4 Å². The highest BCUT2D eigenvalue weighted by molar-refractivity contribution is 5.97. The molecule has 0 aliphatic rings. The van der Waals surface area contributed by atoms with E-state index in [2.05, 4.69) is 18.9 Å². The summed E-state index contributed by atoms with van der Waals surface area (Å²) in [5, 5.41) is 3.51. The Labute approximate surface area is 197 Å². The van der Waals surface area contributed by atoms with Crippen molar-refractivity contribution in [1.82, 2.24) is 4.90 Å². The molecule has 2 N–H and O–H groups in total. The minimum atomic E-state index is -0.00949. The smallest absolute Gasteiger partial charge is 0.257 e. The molecule has 0 heterocycles. The lowest BCUT2D eigenvalue weighted by molar-refractivity contribution is 0.0750. The standard InChI is InChI=1S/C26H37N3O4/c1-4-16-29(17-5-2)26(30)23-10-9-11-24(31-3)25(23)33-19-8-6-7-18-32-22-14-12-21(13-15-22)20-28-27/h9-15,20H,4-8,16-19,27H2,1-3H3. The zero-order valence-corrected chi connectivity index (χ0v) is 20.1. The molecule has 0 unspecified atom stereocenters. The van der Waals surface area contributed by atoms with Crippen molar-refractivity contribution in [3.05, 3.63) is 53.6 Å². The van der Waals surface area contributed by atoms with Crippen LogP contribution in [-0.2, 0) is 0 Å². The quantitative estimate of drug-likeness (QED) is 0.179. The highest BCUT2D eigenvalue weighted by Gasteiger charge is 2.21. The van der Waals surface area contributed by atoms with Crippen molar-refractivity contribution in [2.45, 2.75) is 46.0 Å². The number of methoxy groups -OCH3 is 1. The Kier molecular flexibility index (Phi) is 11.7. The fourth-order valence-electron chi connectivity index (χ4n) is 3.50. The van der Waals surface area contributed by atoms with Gasteiger partial charge >= 0.3 is 0 Å². The van der Waals surface area contributed by atoms with Crippen molar-refractivity contribution in [3.8, 4) is 17.2 Å². The average Bonchev–Trinajstić information content (AvgIpc) is 2.84. The highest BCUT2D eigenvalue weighted by atomic mass is 16.5. The maximum atomic E-state index is 13.1. The van der Waals surface area contributed by atoms with Gasteiger partial charge in [0.2, 0.25) is 0 Å². The molecule has 2 aromatic rings. The number of nitrogens with two attached hydrogens (primary N) is 1. The summed E-state index contributed by atoms with van der Waals surface area (Å²) >= 11 is 0. The summed E-state index contributed by atoms with van der Waals surface area (Å²) in [5.41, 5.74) is 1.49. The molecule has 7 nitrogen and oxygen atoms in total. The minimum absolute atomic E-state index is 0.00949. The van der Waals surface area contributed by atoms with Gasteiger partial charge in [-0.1, -0.05) is 19.9 Å². The lowest BCUT2D eigenvalue weighted by Crippen LogP contribution is -2.32. The molecular weight excluding hydrogens is 418 g/mol. The van der Waals surface area contributed by atoms with Gasteiger partial charge < -0.3 is 25.0 Å². The van der Waals surface area contributed by atoms with E-state index in [1.165, 1.54) is 0 Å². The van der Waals surface area contributed by atoms with Gasteiger partial charge in [0, 0.05) is 13.1 Å². The second-order valence-electron chi connectivity index (χ2n) is 7.73. The molecular formula is C26H37N3O4. The summed E-state index contributed by atoms with van der Waals surface area (Å²) < 4.78 is 17.3. The van der Waals surface area contributed by atoms with Gasteiger partial charge in [-0.25, -0.2) is 0 Å². The van der Waals surface area contributed by atoms with Gasteiger partial charge in [0.15, 0.2) is 11.5 Å². The third-order valence-corrected chi connectivity index (χ3v) is 5.11. The first-order valence-electron chi connectivity index (χ1n) is 11.7. The Balaban J connectivity index is 1.84. The first-order chi connectivity index (χ1) is 16.1. The van der Waals surface area contributed by atoms with Gasteiger partial charge in [-0.2, -0.15) is 5.10 Å². The molecule has 0 saturated carbocycles. The van der Waals surface area contributed by atoms with E-state index < -0.39 is 0 Å². The molecule has 180 valence electrons. The number of unbranched alkanes of at least 4 members (excludes halogenated alkanes) is 2. The van der Waals surface area contributed by atoms with E-state index in [-0.39, 0.29) is 5.91 Å². The number of ether oxygens (including phenoxy) is 3. The van der Waals surface area contributed by atoms with Gasteiger partial charge in [0.05, 0.1) is 32.1 Å². The first kappa shape index (κ1) is 26.0. The molecule has 0 aliphatic heterocycles. The molecule has 0 aromatic heterocycles. The van der Waals surface area contributed by atoms with Gasteiger partial charge in [0.1, 0.15) is 5.75 Å². The molecule has 0 saturated heterocycles. The summed E-state index contributed by atoms with van der Waals surface area (Å²) in [6, 6.07) is 13.1. The molecule has 33 heavy (non-hydrogen) atoms. The molecule has 7 heteroatoms.